The molecule has 0 nitrogen and oxygen atoms in total. The molecule has 0 N–H and O–H groups in total. The molecule has 0 aromatic heterocycles. The lowest BCUT2D eigenvalue weighted by atomic mass is 9.50. The van der Waals surface area contributed by atoms with Crippen LogP contribution in [0.25, 0.3) is 0 Å². The van der Waals surface area contributed by atoms with Crippen molar-refractivity contribution in [3.63, 3.8) is 0 Å². The summed E-state index contributed by atoms with van der Waals surface area (Å²) in [5.41, 5.74) is 3.02. The highest BCUT2D eigenvalue weighted by molar-refractivity contribution is 8.37. The average molecular weight is 984 g/mol. The highest BCUT2D eigenvalue weighted by atomic mass is 32.3. The van der Waals surface area contributed by atoms with Crippen LogP contribution in [0.2, 0.25) is 0 Å². The Morgan fingerprint density at radius 2 is 0.590 bits per heavy atom. The summed E-state index contributed by atoms with van der Waals surface area (Å²) in [4.78, 5) is 0. The van der Waals surface area contributed by atoms with Gasteiger partial charge in [0.15, 0.2) is 0 Å². The second-order valence-corrected chi connectivity index (χ2v) is 39.9. The third-order valence-electron chi connectivity index (χ3n) is 20.8. The largest absolute Gasteiger partial charge is 0.233 e. The van der Waals surface area contributed by atoms with Crippen molar-refractivity contribution in [2.45, 2.75) is 205 Å². The van der Waals surface area contributed by atoms with E-state index < -0.39 is 0 Å². The van der Waals surface area contributed by atoms with Gasteiger partial charge >= 0.3 is 0 Å². The Morgan fingerprint density at radius 3 is 0.852 bits per heavy atom. The van der Waals surface area contributed by atoms with Crippen LogP contribution in [0.3, 0.4) is 0 Å². The van der Waals surface area contributed by atoms with Crippen LogP contribution in [0, 0.1) is 33.5 Å². The zero-order chi connectivity index (χ0) is 40.9. The van der Waals surface area contributed by atoms with E-state index >= 15 is 0 Å². The van der Waals surface area contributed by atoms with Gasteiger partial charge in [-0.15, -0.1) is 23.5 Å². The van der Waals surface area contributed by atoms with E-state index in [0.29, 0.717) is 4.08 Å². The number of hydrogen-bond acceptors (Lipinski definition) is 6. The summed E-state index contributed by atoms with van der Waals surface area (Å²) in [5.74, 6) is 23.9. The van der Waals surface area contributed by atoms with Crippen LogP contribution in [0.15, 0.2) is 0 Å². The lowest BCUT2D eigenvalue weighted by Gasteiger charge is -2.67. The zero-order valence-electron chi connectivity index (χ0n) is 38.9. The van der Waals surface area contributed by atoms with Gasteiger partial charge in [-0.3, -0.25) is 0 Å². The quantitative estimate of drug-likeness (QED) is 0.258. The van der Waals surface area contributed by atoms with E-state index in [-0.39, 0.29) is 20.1 Å². The summed E-state index contributed by atoms with van der Waals surface area (Å²) < 4.78 is 0.603. The number of rotatable bonds is 6. The third-order valence-corrected chi connectivity index (χ3v) is 41.8. The van der Waals surface area contributed by atoms with Crippen molar-refractivity contribution >= 4 is 90.6 Å². The Bertz CT molecular complexity index is 1250. The molecule has 0 bridgehead atoms. The molecule has 4 unspecified atom stereocenters. The molecule has 0 aromatic carbocycles. The smallest absolute Gasteiger partial charge is 0.0668 e. The minimum Gasteiger partial charge on any atom is -0.233 e. The third kappa shape index (κ3) is 9.09. The Hall–Kier alpha value is 2.80. The minimum atomic E-state index is -0.341. The molecule has 7 saturated heterocycles. The van der Waals surface area contributed by atoms with Gasteiger partial charge in [0.1, 0.15) is 0 Å². The summed E-state index contributed by atoms with van der Waals surface area (Å²) in [6, 6.07) is 0. The van der Waals surface area contributed by atoms with Crippen molar-refractivity contribution < 1.29 is 0 Å². The fourth-order valence-electron chi connectivity index (χ4n) is 17.6. The second-order valence-electron chi connectivity index (χ2n) is 24.4. The van der Waals surface area contributed by atoms with Gasteiger partial charge in [-0.1, -0.05) is 77.0 Å². The molecule has 0 aromatic rings. The van der Waals surface area contributed by atoms with Crippen LogP contribution in [0.4, 0.5) is 0 Å². The van der Waals surface area contributed by atoms with Crippen molar-refractivity contribution in [2.75, 3.05) is 80.5 Å². The molecule has 7 aliphatic heterocycles. The number of thioether (sulfide) groups is 6. The molecule has 0 amide bonds. The predicted molar refractivity (Wildman–Crippen MR) is 293 cm³/mol. The van der Waals surface area contributed by atoms with Crippen LogP contribution in [-0.4, -0.2) is 106 Å². The molecule has 4 saturated carbocycles. The fraction of sp³-hybridized carbons (Fsp3) is 1.00. The molecular weight excluding hydrogens is 893 g/mol. The molecule has 4 aliphatic carbocycles. The van der Waals surface area contributed by atoms with Gasteiger partial charge in [-0.05, 0) is 203 Å². The molecule has 11 fully saturated rings. The van der Waals surface area contributed by atoms with Crippen molar-refractivity contribution in [2.24, 2.45) is 33.5 Å². The zero-order valence-corrected chi connectivity index (χ0v) is 45.5. The Morgan fingerprint density at radius 1 is 0.311 bits per heavy atom. The predicted octanol–water partition coefficient (Wildman–Crippen LogP) is 16.4. The first-order valence-electron chi connectivity index (χ1n) is 27.0. The van der Waals surface area contributed by atoms with E-state index in [9.17, 15) is 0 Å². The van der Waals surface area contributed by atoms with Gasteiger partial charge in [-0.25, -0.2) is 20.1 Å². The fourth-order valence-corrected chi connectivity index (χ4v) is 42.5. The van der Waals surface area contributed by atoms with E-state index in [1.54, 1.807) is 203 Å². The van der Waals surface area contributed by atoms with Crippen LogP contribution < -0.4 is 0 Å². The van der Waals surface area contributed by atoms with E-state index in [1.807, 2.05) is 0 Å². The van der Waals surface area contributed by atoms with Gasteiger partial charge < -0.3 is 0 Å². The van der Waals surface area contributed by atoms with E-state index in [4.69, 9.17) is 0 Å². The molecule has 8 heteroatoms. The first-order valence-corrected chi connectivity index (χ1v) is 37.8. The number of hydrogen-bond donors (Lipinski definition) is 0. The molecule has 0 radical (unpaired) electrons. The van der Waals surface area contributed by atoms with Crippen LogP contribution in [0.5, 0.6) is 0 Å². The Labute approximate surface area is 406 Å². The summed E-state index contributed by atoms with van der Waals surface area (Å²) >= 11 is 14.3. The summed E-state index contributed by atoms with van der Waals surface area (Å²) in [5, 5.41) is 4.58. The van der Waals surface area contributed by atoms with Crippen molar-refractivity contribution in [3.8, 4) is 0 Å². The molecule has 350 valence electrons. The van der Waals surface area contributed by atoms with E-state index in [1.165, 1.54) is 57.5 Å². The van der Waals surface area contributed by atoms with Gasteiger partial charge in [0.2, 0.25) is 0 Å². The Kier molecular flexibility index (Phi) is 14.8. The maximum atomic E-state index is 2.51. The molecule has 61 heavy (non-hydrogen) atoms. The average Bonchev–Trinajstić information content (AvgIpc) is 4.07. The summed E-state index contributed by atoms with van der Waals surface area (Å²) in [6.45, 7) is 0. The van der Waals surface area contributed by atoms with Crippen LogP contribution in [-0.2, 0) is 0 Å². The molecule has 7 heterocycles. The first-order chi connectivity index (χ1) is 29.9. The van der Waals surface area contributed by atoms with Gasteiger partial charge in [0.05, 0.1) is 4.08 Å². The second kappa shape index (κ2) is 19.5. The first kappa shape index (κ1) is 46.2. The topological polar surface area (TPSA) is 0 Å². The summed E-state index contributed by atoms with van der Waals surface area (Å²) in [6.07, 6.45) is 44.3. The van der Waals surface area contributed by atoms with Gasteiger partial charge in [0, 0.05) is 34.5 Å². The van der Waals surface area contributed by atoms with Crippen molar-refractivity contribution in [1.29, 1.82) is 0 Å². The molecule has 4 spiro atoms. The van der Waals surface area contributed by atoms with Crippen LogP contribution >= 0.6 is 90.6 Å². The maximum absolute atomic E-state index is 2.51. The highest BCUT2D eigenvalue weighted by Crippen LogP contribution is 2.78. The molecule has 4 atom stereocenters. The standard InChI is InChI=1S/C53H90S8/c1-5-17-49(18-6-2-10-22-51(21-9-1)39-60(40-51,45-13-25-54-35-45)46-14-26-55-36-46)31-43(32-49)53(58-29-30-59-53)44-33-50(34-44)19-7-3-11-23-52(24-12-4-8-20-50)41-61(42-52,47-15-27-56-37-47)48-16-28-57-38-48/h43-48H,1-42H2. The molecular formula is C53H90S8. The maximum Gasteiger partial charge on any atom is 0.0668 e. The van der Waals surface area contributed by atoms with E-state index in [0.717, 1.165) is 54.5 Å². The monoisotopic (exact) mass is 982 g/mol. The van der Waals surface area contributed by atoms with E-state index in [2.05, 4.69) is 70.6 Å². The lowest BCUT2D eigenvalue weighted by Crippen LogP contribution is -2.55. The summed E-state index contributed by atoms with van der Waals surface area (Å²) in [7, 11) is -0.681. The highest BCUT2D eigenvalue weighted by Gasteiger charge is 2.63. The molecule has 11 aliphatic rings. The van der Waals surface area contributed by atoms with Gasteiger partial charge in [0.25, 0.3) is 0 Å². The molecule has 11 rings (SSSR count). The van der Waals surface area contributed by atoms with Crippen LogP contribution in [0.1, 0.15) is 180 Å². The Balaban J connectivity index is 0.662. The normalized spacial score (nSPS) is 52.1. The van der Waals surface area contributed by atoms with Gasteiger partial charge in [-0.2, -0.15) is 47.0 Å². The van der Waals surface area contributed by atoms with Crippen molar-refractivity contribution in [3.05, 3.63) is 0 Å². The SMILES string of the molecule is C1CCC2(CCCCCC3(CC1)CS(C1CCSC1)(C1CCSC1)C3)CC(C1(C3CC4(CCCCCC5(CCCCC4)CS(C4CCSC4)(C4CCSC4)C5)C3)SCCS1)C2. The lowest BCUT2D eigenvalue weighted by molar-refractivity contribution is -0.0345. The minimum absolute atomic E-state index is 0.341. The van der Waals surface area contributed by atoms with Crippen molar-refractivity contribution in [1.82, 2.24) is 0 Å².